The minimum absolute atomic E-state index is 0.0890. The zero-order valence-corrected chi connectivity index (χ0v) is 11.5. The lowest BCUT2D eigenvalue weighted by Crippen LogP contribution is -2.07. The van der Waals surface area contributed by atoms with Crippen molar-refractivity contribution in [2.75, 3.05) is 12.4 Å². The zero-order chi connectivity index (χ0) is 12.8. The Labute approximate surface area is 109 Å². The molecule has 4 heteroatoms. The minimum atomic E-state index is -0.298. The molecule has 0 radical (unpaired) electrons. The number of hydrogen-bond donors (Lipinski definition) is 0. The molecule has 0 fully saturated rings. The van der Waals surface area contributed by atoms with E-state index in [1.54, 1.807) is 6.07 Å². The molecule has 0 amide bonds. The van der Waals surface area contributed by atoms with Crippen molar-refractivity contribution < 1.29 is 14.3 Å². The number of aryl methyl sites for hydroxylation is 1. The highest BCUT2D eigenvalue weighted by Crippen LogP contribution is 2.14. The number of alkyl halides is 1. The van der Waals surface area contributed by atoms with Gasteiger partial charge in [0.15, 0.2) is 5.78 Å². The van der Waals surface area contributed by atoms with E-state index in [1.165, 1.54) is 7.11 Å². The molecule has 0 aromatic heterocycles. The number of esters is 1. The van der Waals surface area contributed by atoms with Crippen LogP contribution in [0.25, 0.3) is 0 Å². The van der Waals surface area contributed by atoms with Crippen molar-refractivity contribution in [2.24, 2.45) is 0 Å². The molecular weight excluding hydrogens is 284 g/mol. The van der Waals surface area contributed by atoms with Gasteiger partial charge in [-0.3, -0.25) is 9.59 Å². The topological polar surface area (TPSA) is 43.4 Å². The van der Waals surface area contributed by atoms with Crippen molar-refractivity contribution in [3.8, 4) is 0 Å². The van der Waals surface area contributed by atoms with E-state index in [2.05, 4.69) is 20.7 Å². The summed E-state index contributed by atoms with van der Waals surface area (Å²) >= 11 is 3.25. The second-order valence-corrected chi connectivity index (χ2v) is 4.56. The third-order valence-electron chi connectivity index (χ3n) is 2.50. The Morgan fingerprint density at radius 3 is 2.65 bits per heavy atom. The number of halogens is 1. The number of carbonyl (C=O) groups is 2. The molecule has 92 valence electrons. The normalized spacial score (nSPS) is 10.1. The molecule has 0 aliphatic heterocycles. The van der Waals surface area contributed by atoms with Crippen LogP contribution in [0.15, 0.2) is 18.2 Å². The van der Waals surface area contributed by atoms with Crippen LogP contribution in [-0.4, -0.2) is 24.2 Å². The number of ketones is 1. The quantitative estimate of drug-likeness (QED) is 0.477. The first-order chi connectivity index (χ1) is 8.08. The fraction of sp³-hybridized carbons (Fsp3) is 0.385. The third-order valence-corrected chi connectivity index (χ3v) is 2.90. The summed E-state index contributed by atoms with van der Waals surface area (Å²) in [6.07, 6.45) is 0.661. The first-order valence-corrected chi connectivity index (χ1v) is 6.46. The first kappa shape index (κ1) is 13.9. The van der Waals surface area contributed by atoms with E-state index in [0.29, 0.717) is 17.3 Å². The van der Waals surface area contributed by atoms with Gasteiger partial charge in [0.2, 0.25) is 0 Å². The predicted molar refractivity (Wildman–Crippen MR) is 69.6 cm³/mol. The SMILES string of the molecule is COC(=O)Cc1ccc(C)c(C(=O)CCBr)c1. The van der Waals surface area contributed by atoms with Crippen LogP contribution in [0.2, 0.25) is 0 Å². The Balaban J connectivity index is 2.94. The van der Waals surface area contributed by atoms with Gasteiger partial charge in [-0.1, -0.05) is 28.1 Å². The summed E-state index contributed by atoms with van der Waals surface area (Å²) in [5, 5.41) is 0.645. The van der Waals surface area contributed by atoms with Gasteiger partial charge in [0, 0.05) is 17.3 Å². The number of hydrogen-bond acceptors (Lipinski definition) is 3. The molecule has 0 heterocycles. The highest BCUT2D eigenvalue weighted by molar-refractivity contribution is 9.09. The molecule has 0 atom stereocenters. The van der Waals surface area contributed by atoms with Crippen molar-refractivity contribution in [1.82, 2.24) is 0 Å². The summed E-state index contributed by atoms with van der Waals surface area (Å²) < 4.78 is 4.60. The van der Waals surface area contributed by atoms with Crippen LogP contribution in [0.4, 0.5) is 0 Å². The van der Waals surface area contributed by atoms with E-state index < -0.39 is 0 Å². The van der Waals surface area contributed by atoms with E-state index in [1.807, 2.05) is 19.1 Å². The van der Waals surface area contributed by atoms with Gasteiger partial charge in [-0.25, -0.2) is 0 Å². The maximum Gasteiger partial charge on any atom is 0.309 e. The van der Waals surface area contributed by atoms with E-state index in [-0.39, 0.29) is 18.2 Å². The summed E-state index contributed by atoms with van der Waals surface area (Å²) in [6.45, 7) is 1.89. The molecule has 1 aromatic carbocycles. The lowest BCUT2D eigenvalue weighted by Gasteiger charge is -2.07. The monoisotopic (exact) mass is 298 g/mol. The number of Topliss-reactive ketones (excluding diaryl/α,β-unsaturated/α-hetero) is 1. The summed E-state index contributed by atoms with van der Waals surface area (Å²) in [4.78, 5) is 23.0. The summed E-state index contributed by atoms with van der Waals surface area (Å²) in [5.41, 5.74) is 2.43. The van der Waals surface area contributed by atoms with Crippen LogP contribution in [0.1, 0.15) is 27.9 Å². The van der Waals surface area contributed by atoms with Gasteiger partial charge in [-0.15, -0.1) is 0 Å². The molecule has 0 saturated carbocycles. The predicted octanol–water partition coefficient (Wildman–Crippen LogP) is 2.68. The number of methoxy groups -OCH3 is 1. The van der Waals surface area contributed by atoms with Gasteiger partial charge in [-0.2, -0.15) is 0 Å². The van der Waals surface area contributed by atoms with Crippen LogP contribution >= 0.6 is 15.9 Å². The maximum absolute atomic E-state index is 11.8. The molecule has 1 rings (SSSR count). The molecular formula is C13H15BrO3. The molecule has 0 spiro atoms. The number of benzene rings is 1. The lowest BCUT2D eigenvalue weighted by molar-refractivity contribution is -0.139. The molecule has 0 aliphatic rings. The van der Waals surface area contributed by atoms with Crippen LogP contribution in [0, 0.1) is 6.92 Å². The number of carbonyl (C=O) groups excluding carboxylic acids is 2. The fourth-order valence-electron chi connectivity index (χ4n) is 1.54. The summed E-state index contributed by atoms with van der Waals surface area (Å²) in [6, 6.07) is 5.48. The standard InChI is InChI=1S/C13H15BrO3/c1-9-3-4-10(8-13(16)17-2)7-11(9)12(15)5-6-14/h3-4,7H,5-6,8H2,1-2H3. The highest BCUT2D eigenvalue weighted by Gasteiger charge is 2.11. The van der Waals surface area contributed by atoms with Crippen LogP contribution in [-0.2, 0) is 16.0 Å². The smallest absolute Gasteiger partial charge is 0.309 e. The third kappa shape index (κ3) is 3.97. The molecule has 1 aromatic rings. The fourth-order valence-corrected chi connectivity index (χ4v) is 1.90. The largest absolute Gasteiger partial charge is 0.469 e. The Kier molecular flexibility index (Phi) is 5.35. The Morgan fingerprint density at radius 2 is 2.06 bits per heavy atom. The average molecular weight is 299 g/mol. The Hall–Kier alpha value is -1.16. The minimum Gasteiger partial charge on any atom is -0.469 e. The van der Waals surface area contributed by atoms with Gasteiger partial charge < -0.3 is 4.74 Å². The summed E-state index contributed by atoms with van der Waals surface area (Å²) in [5.74, 6) is -0.209. The van der Waals surface area contributed by atoms with Crippen molar-refractivity contribution in [2.45, 2.75) is 19.8 Å². The van der Waals surface area contributed by atoms with E-state index in [9.17, 15) is 9.59 Å². The Bertz CT molecular complexity index is 427. The van der Waals surface area contributed by atoms with Gasteiger partial charge in [0.25, 0.3) is 0 Å². The van der Waals surface area contributed by atoms with Gasteiger partial charge in [-0.05, 0) is 24.1 Å². The van der Waals surface area contributed by atoms with Crippen molar-refractivity contribution in [3.05, 3.63) is 34.9 Å². The van der Waals surface area contributed by atoms with Crippen molar-refractivity contribution >= 4 is 27.7 Å². The van der Waals surface area contributed by atoms with Gasteiger partial charge >= 0.3 is 5.97 Å². The summed E-state index contributed by atoms with van der Waals surface area (Å²) in [7, 11) is 1.35. The highest BCUT2D eigenvalue weighted by atomic mass is 79.9. The maximum atomic E-state index is 11.8. The molecule has 0 bridgehead atoms. The zero-order valence-electron chi connectivity index (χ0n) is 9.96. The van der Waals surface area contributed by atoms with Crippen LogP contribution < -0.4 is 0 Å². The van der Waals surface area contributed by atoms with Crippen LogP contribution in [0.3, 0.4) is 0 Å². The molecule has 0 saturated heterocycles. The van der Waals surface area contributed by atoms with E-state index >= 15 is 0 Å². The van der Waals surface area contributed by atoms with E-state index in [0.717, 1.165) is 11.1 Å². The average Bonchev–Trinajstić information content (AvgIpc) is 2.31. The number of ether oxygens (including phenoxy) is 1. The molecule has 17 heavy (non-hydrogen) atoms. The molecule has 0 unspecified atom stereocenters. The number of rotatable bonds is 5. The van der Waals surface area contributed by atoms with Crippen LogP contribution in [0.5, 0.6) is 0 Å². The Morgan fingerprint density at radius 1 is 1.35 bits per heavy atom. The van der Waals surface area contributed by atoms with E-state index in [4.69, 9.17) is 0 Å². The first-order valence-electron chi connectivity index (χ1n) is 5.34. The van der Waals surface area contributed by atoms with Crippen molar-refractivity contribution in [3.63, 3.8) is 0 Å². The second-order valence-electron chi connectivity index (χ2n) is 3.76. The lowest BCUT2D eigenvalue weighted by atomic mass is 9.99. The molecule has 0 aliphatic carbocycles. The molecule has 3 nitrogen and oxygen atoms in total. The van der Waals surface area contributed by atoms with Crippen molar-refractivity contribution in [1.29, 1.82) is 0 Å². The van der Waals surface area contributed by atoms with Gasteiger partial charge in [0.05, 0.1) is 13.5 Å². The van der Waals surface area contributed by atoms with Gasteiger partial charge in [0.1, 0.15) is 0 Å². The second kappa shape index (κ2) is 6.55. The molecule has 0 N–H and O–H groups in total.